The Morgan fingerprint density at radius 1 is 1.25 bits per heavy atom. The maximum Gasteiger partial charge on any atom is 0.288 e. The van der Waals surface area contributed by atoms with E-state index in [0.29, 0.717) is 46.2 Å². The van der Waals surface area contributed by atoms with Crippen LogP contribution in [0.1, 0.15) is 24.7 Å². The highest BCUT2D eigenvalue weighted by Crippen LogP contribution is 2.32. The van der Waals surface area contributed by atoms with Gasteiger partial charge in [0.25, 0.3) is 5.76 Å². The van der Waals surface area contributed by atoms with Crippen molar-refractivity contribution in [3.8, 4) is 11.4 Å². The molecule has 1 aliphatic rings. The maximum absolute atomic E-state index is 13.5. The SMILES string of the molecule is O=C(CN1CCCC(c2nc(-c3cccc(F)c3)no2)C1)Nc1ccccc1SC(F)F. The minimum Gasteiger partial charge on any atom is -0.339 e. The zero-order valence-corrected chi connectivity index (χ0v) is 17.8. The molecule has 1 aromatic heterocycles. The van der Waals surface area contributed by atoms with E-state index >= 15 is 0 Å². The van der Waals surface area contributed by atoms with Gasteiger partial charge in [0.2, 0.25) is 17.6 Å². The van der Waals surface area contributed by atoms with Crippen LogP contribution in [0.4, 0.5) is 18.9 Å². The zero-order chi connectivity index (χ0) is 22.5. The smallest absolute Gasteiger partial charge is 0.288 e. The summed E-state index contributed by atoms with van der Waals surface area (Å²) in [5.74, 6) is -2.50. The lowest BCUT2D eigenvalue weighted by atomic mass is 9.98. The van der Waals surface area contributed by atoms with Gasteiger partial charge in [-0.05, 0) is 43.7 Å². The second-order valence-corrected chi connectivity index (χ2v) is 8.50. The van der Waals surface area contributed by atoms with Crippen LogP contribution < -0.4 is 5.32 Å². The number of alkyl halides is 2. The lowest BCUT2D eigenvalue weighted by Gasteiger charge is -2.30. The molecule has 3 aromatic rings. The molecule has 0 radical (unpaired) electrons. The van der Waals surface area contributed by atoms with Crippen LogP contribution in [0.3, 0.4) is 0 Å². The number of carbonyl (C=O) groups is 1. The second kappa shape index (κ2) is 10.2. The molecule has 1 atom stereocenters. The molecule has 0 spiro atoms. The highest BCUT2D eigenvalue weighted by molar-refractivity contribution is 7.99. The number of thioether (sulfide) groups is 1. The number of anilines is 1. The molecule has 1 aliphatic heterocycles. The molecule has 10 heteroatoms. The average Bonchev–Trinajstić information content (AvgIpc) is 3.25. The molecule has 2 heterocycles. The van der Waals surface area contributed by atoms with Gasteiger partial charge in [-0.15, -0.1) is 0 Å². The number of hydrogen-bond donors (Lipinski definition) is 1. The van der Waals surface area contributed by atoms with Gasteiger partial charge in [-0.25, -0.2) is 4.39 Å². The monoisotopic (exact) mass is 462 g/mol. The van der Waals surface area contributed by atoms with E-state index in [1.54, 1.807) is 36.4 Å². The number of likely N-dealkylation sites (tertiary alicyclic amines) is 1. The van der Waals surface area contributed by atoms with Crippen molar-refractivity contribution >= 4 is 23.4 Å². The van der Waals surface area contributed by atoms with Gasteiger partial charge in [-0.2, -0.15) is 13.8 Å². The second-order valence-electron chi connectivity index (χ2n) is 7.46. The minimum atomic E-state index is -2.57. The predicted molar refractivity (Wildman–Crippen MR) is 115 cm³/mol. The third-order valence-electron chi connectivity index (χ3n) is 5.12. The van der Waals surface area contributed by atoms with E-state index in [9.17, 15) is 18.0 Å². The Kier molecular flexibility index (Phi) is 7.11. The molecule has 32 heavy (non-hydrogen) atoms. The molecule has 0 bridgehead atoms. The quantitative estimate of drug-likeness (QED) is 0.498. The van der Waals surface area contributed by atoms with E-state index < -0.39 is 5.76 Å². The Morgan fingerprint density at radius 2 is 2.09 bits per heavy atom. The van der Waals surface area contributed by atoms with E-state index in [1.807, 2.05) is 4.90 Å². The first-order chi connectivity index (χ1) is 15.5. The van der Waals surface area contributed by atoms with Crippen LogP contribution in [0.2, 0.25) is 0 Å². The Bertz CT molecular complexity index is 1080. The number of rotatable bonds is 7. The van der Waals surface area contributed by atoms with Crippen molar-refractivity contribution in [2.45, 2.75) is 29.4 Å². The highest BCUT2D eigenvalue weighted by atomic mass is 32.2. The van der Waals surface area contributed by atoms with Crippen molar-refractivity contribution in [3.63, 3.8) is 0 Å². The van der Waals surface area contributed by atoms with Gasteiger partial charge in [0.15, 0.2) is 0 Å². The number of nitrogens with one attached hydrogen (secondary N) is 1. The fraction of sp³-hybridized carbons (Fsp3) is 0.318. The fourth-order valence-electron chi connectivity index (χ4n) is 3.71. The number of hydrogen-bond acceptors (Lipinski definition) is 6. The number of nitrogens with zero attached hydrogens (tertiary/aromatic N) is 3. The molecule has 0 aliphatic carbocycles. The number of carbonyl (C=O) groups excluding carboxylic acids is 1. The molecule has 1 unspecified atom stereocenters. The Morgan fingerprint density at radius 3 is 2.91 bits per heavy atom. The lowest BCUT2D eigenvalue weighted by molar-refractivity contribution is -0.117. The Balaban J connectivity index is 1.37. The van der Waals surface area contributed by atoms with Crippen molar-refractivity contribution in [2.24, 2.45) is 0 Å². The average molecular weight is 462 g/mol. The van der Waals surface area contributed by atoms with Crippen molar-refractivity contribution < 1.29 is 22.5 Å². The number of piperidine rings is 1. The van der Waals surface area contributed by atoms with Crippen LogP contribution in [0.15, 0.2) is 57.9 Å². The van der Waals surface area contributed by atoms with Crippen molar-refractivity contribution in [1.29, 1.82) is 0 Å². The van der Waals surface area contributed by atoms with Crippen LogP contribution in [-0.4, -0.2) is 46.3 Å². The van der Waals surface area contributed by atoms with E-state index in [1.165, 1.54) is 12.1 Å². The molecule has 1 saturated heterocycles. The van der Waals surface area contributed by atoms with Gasteiger partial charge < -0.3 is 9.84 Å². The Labute approximate surface area is 187 Å². The molecular formula is C22H21F3N4O2S. The van der Waals surface area contributed by atoms with Crippen LogP contribution in [0.5, 0.6) is 0 Å². The van der Waals surface area contributed by atoms with Gasteiger partial charge >= 0.3 is 0 Å². The van der Waals surface area contributed by atoms with Crippen molar-refractivity contribution in [1.82, 2.24) is 15.0 Å². The molecule has 2 aromatic carbocycles. The van der Waals surface area contributed by atoms with Crippen LogP contribution in [-0.2, 0) is 4.79 Å². The van der Waals surface area contributed by atoms with Gasteiger partial charge in [0, 0.05) is 17.0 Å². The number of benzene rings is 2. The van der Waals surface area contributed by atoms with Crippen LogP contribution >= 0.6 is 11.8 Å². The summed E-state index contributed by atoms with van der Waals surface area (Å²) in [6.07, 6.45) is 1.67. The summed E-state index contributed by atoms with van der Waals surface area (Å²) in [5.41, 5.74) is 0.903. The van der Waals surface area contributed by atoms with Crippen LogP contribution in [0.25, 0.3) is 11.4 Å². The standard InChI is InChI=1S/C22H21F3N4O2S/c23-16-7-3-5-14(11-16)20-27-21(31-28-20)15-6-4-10-29(12-15)13-19(30)26-17-8-1-2-9-18(17)32-22(24)25/h1-3,5,7-9,11,15,22H,4,6,10,12-13H2,(H,26,30). The summed E-state index contributed by atoms with van der Waals surface area (Å²) < 4.78 is 44.4. The summed E-state index contributed by atoms with van der Waals surface area (Å²) >= 11 is 0.399. The largest absolute Gasteiger partial charge is 0.339 e. The summed E-state index contributed by atoms with van der Waals surface area (Å²) in [5, 5.41) is 6.69. The van der Waals surface area contributed by atoms with E-state index in [2.05, 4.69) is 15.5 Å². The van der Waals surface area contributed by atoms with E-state index in [-0.39, 0.29) is 24.2 Å². The van der Waals surface area contributed by atoms with E-state index in [4.69, 9.17) is 4.52 Å². The van der Waals surface area contributed by atoms with Gasteiger partial charge in [-0.3, -0.25) is 9.69 Å². The first-order valence-electron chi connectivity index (χ1n) is 10.1. The molecule has 4 rings (SSSR count). The Hall–Kier alpha value is -2.85. The molecule has 0 saturated carbocycles. The molecule has 1 fully saturated rings. The van der Waals surface area contributed by atoms with E-state index in [0.717, 1.165) is 19.4 Å². The number of halogens is 3. The molecule has 168 valence electrons. The zero-order valence-electron chi connectivity index (χ0n) is 17.0. The molecule has 1 amide bonds. The van der Waals surface area contributed by atoms with Gasteiger partial charge in [0.1, 0.15) is 5.82 Å². The first-order valence-corrected chi connectivity index (χ1v) is 11.0. The third kappa shape index (κ3) is 5.68. The fourth-order valence-corrected chi connectivity index (χ4v) is 4.30. The summed E-state index contributed by atoms with van der Waals surface area (Å²) in [7, 11) is 0. The number of para-hydroxylation sites is 1. The normalized spacial score (nSPS) is 16.9. The summed E-state index contributed by atoms with van der Waals surface area (Å²) in [6, 6.07) is 12.5. The lowest BCUT2D eigenvalue weighted by Crippen LogP contribution is -2.39. The predicted octanol–water partition coefficient (Wildman–Crippen LogP) is 5.01. The van der Waals surface area contributed by atoms with Gasteiger partial charge in [-0.1, -0.05) is 41.2 Å². The first kappa shape index (κ1) is 22.3. The summed E-state index contributed by atoms with van der Waals surface area (Å²) in [4.78, 5) is 19.3. The highest BCUT2D eigenvalue weighted by Gasteiger charge is 2.27. The summed E-state index contributed by atoms with van der Waals surface area (Å²) in [6.45, 7) is 1.39. The molecule has 6 nitrogen and oxygen atoms in total. The van der Waals surface area contributed by atoms with Crippen molar-refractivity contribution in [2.75, 3.05) is 25.0 Å². The maximum atomic E-state index is 13.5. The molecular weight excluding hydrogens is 441 g/mol. The molecule has 1 N–H and O–H groups in total. The minimum absolute atomic E-state index is 0.0481. The topological polar surface area (TPSA) is 71.3 Å². The van der Waals surface area contributed by atoms with Gasteiger partial charge in [0.05, 0.1) is 18.2 Å². The van der Waals surface area contributed by atoms with Crippen LogP contribution in [0, 0.1) is 5.82 Å². The number of aromatic nitrogens is 2. The third-order valence-corrected chi connectivity index (χ3v) is 5.91. The number of amides is 1. The van der Waals surface area contributed by atoms with Crippen molar-refractivity contribution in [3.05, 3.63) is 60.2 Å².